The summed E-state index contributed by atoms with van der Waals surface area (Å²) in [6.45, 7) is 0. The van der Waals surface area contributed by atoms with Crippen LogP contribution in [0.2, 0.25) is 0 Å². The topological polar surface area (TPSA) is 46.2 Å². The van der Waals surface area contributed by atoms with Gasteiger partial charge in [0.2, 0.25) is 0 Å². The first-order chi connectivity index (χ1) is 5.29. The fourth-order valence-corrected chi connectivity index (χ4v) is 1.12. The van der Waals surface area contributed by atoms with Gasteiger partial charge in [-0.2, -0.15) is 0 Å². The first-order valence-electron chi connectivity index (χ1n) is 3.24. The Kier molecular flexibility index (Phi) is 3.57. The van der Waals surface area contributed by atoms with Crippen LogP contribution in [0.15, 0.2) is 24.3 Å². The van der Waals surface area contributed by atoms with Gasteiger partial charge in [0.15, 0.2) is 0 Å². The molecule has 0 unspecified atom stereocenters. The molecule has 1 aliphatic rings. The van der Waals surface area contributed by atoms with Gasteiger partial charge in [0.05, 0.1) is 11.1 Å². The molecule has 0 radical (unpaired) electrons. The van der Waals surface area contributed by atoms with Crippen LogP contribution in [0.5, 0.6) is 0 Å². The Labute approximate surface area is 130 Å². The van der Waals surface area contributed by atoms with Gasteiger partial charge in [-0.1, -0.05) is 12.1 Å². The number of imide groups is 1. The van der Waals surface area contributed by atoms with Gasteiger partial charge < -0.3 is 1.43 Å². The van der Waals surface area contributed by atoms with Crippen molar-refractivity contribution in [1.29, 1.82) is 0 Å². The molecular weight excluding hydrogens is 275 g/mol. The SMILES string of the molecule is O=C1NC(=O)c2ccccc21.[Cs+].[H-]. The van der Waals surface area contributed by atoms with E-state index in [0.29, 0.717) is 11.1 Å². The molecule has 4 heteroatoms. The van der Waals surface area contributed by atoms with Crippen LogP contribution in [-0.4, -0.2) is 11.8 Å². The Morgan fingerprint density at radius 3 is 1.83 bits per heavy atom. The van der Waals surface area contributed by atoms with E-state index in [1.54, 1.807) is 24.3 Å². The molecule has 0 saturated carbocycles. The van der Waals surface area contributed by atoms with E-state index < -0.39 is 0 Å². The van der Waals surface area contributed by atoms with Crippen LogP contribution in [0.1, 0.15) is 22.1 Å². The number of carbonyl (C=O) groups is 2. The molecule has 0 aliphatic carbocycles. The third kappa shape index (κ3) is 1.68. The molecule has 0 fully saturated rings. The molecule has 12 heavy (non-hydrogen) atoms. The number of rotatable bonds is 0. The molecule has 0 bridgehead atoms. The zero-order valence-electron chi connectivity index (χ0n) is 7.63. The Balaban J connectivity index is 0.000000720. The smallest absolute Gasteiger partial charge is 1.00 e. The van der Waals surface area contributed by atoms with E-state index in [4.69, 9.17) is 0 Å². The molecular formula is C8H6CsNO2. The second-order valence-electron chi connectivity index (χ2n) is 2.33. The summed E-state index contributed by atoms with van der Waals surface area (Å²) in [4.78, 5) is 21.9. The molecule has 3 nitrogen and oxygen atoms in total. The van der Waals surface area contributed by atoms with Gasteiger partial charge in [0, 0.05) is 0 Å². The number of nitrogens with one attached hydrogen (secondary N) is 1. The van der Waals surface area contributed by atoms with Crippen LogP contribution in [0.4, 0.5) is 0 Å². The summed E-state index contributed by atoms with van der Waals surface area (Å²) in [5, 5.41) is 2.20. The monoisotopic (exact) mass is 281 g/mol. The maximum atomic E-state index is 10.9. The van der Waals surface area contributed by atoms with Crippen molar-refractivity contribution >= 4 is 11.8 Å². The van der Waals surface area contributed by atoms with Crippen molar-refractivity contribution in [3.63, 3.8) is 0 Å². The molecule has 1 aromatic rings. The minimum Gasteiger partial charge on any atom is -1.00 e. The normalized spacial score (nSPS) is 13.3. The van der Waals surface area contributed by atoms with Gasteiger partial charge in [0.1, 0.15) is 0 Å². The number of hydrogen-bond acceptors (Lipinski definition) is 2. The predicted octanol–water partition coefficient (Wildman–Crippen LogP) is -2.31. The predicted molar refractivity (Wildman–Crippen MR) is 39.4 cm³/mol. The van der Waals surface area contributed by atoms with Crippen molar-refractivity contribution in [3.05, 3.63) is 35.4 Å². The molecule has 2 rings (SSSR count). The van der Waals surface area contributed by atoms with Gasteiger partial charge in [-0.05, 0) is 12.1 Å². The fraction of sp³-hybridized carbons (Fsp3) is 0. The maximum Gasteiger partial charge on any atom is 1.00 e. The molecule has 0 atom stereocenters. The van der Waals surface area contributed by atoms with Crippen molar-refractivity contribution in [3.8, 4) is 0 Å². The Morgan fingerprint density at radius 2 is 1.42 bits per heavy atom. The Bertz CT molecular complexity index is 321. The van der Waals surface area contributed by atoms with Gasteiger partial charge in [-0.15, -0.1) is 0 Å². The van der Waals surface area contributed by atoms with Crippen molar-refractivity contribution in [2.24, 2.45) is 0 Å². The van der Waals surface area contributed by atoms with E-state index in [1.165, 1.54) is 0 Å². The van der Waals surface area contributed by atoms with Crippen LogP contribution < -0.4 is 74.2 Å². The molecule has 1 N–H and O–H groups in total. The van der Waals surface area contributed by atoms with Gasteiger partial charge in [-0.25, -0.2) is 0 Å². The van der Waals surface area contributed by atoms with E-state index in [0.717, 1.165) is 0 Å². The minimum atomic E-state index is -0.300. The average molecular weight is 281 g/mol. The van der Waals surface area contributed by atoms with Crippen molar-refractivity contribution in [1.82, 2.24) is 5.32 Å². The van der Waals surface area contributed by atoms with E-state index in [2.05, 4.69) is 5.32 Å². The fourth-order valence-electron chi connectivity index (χ4n) is 1.12. The van der Waals surface area contributed by atoms with Crippen LogP contribution in [0.3, 0.4) is 0 Å². The standard InChI is InChI=1S/C8H5NO2.Cs.H/c10-7-5-3-1-2-4-6(5)8(11)9-7;;/h1-4H,(H,9,10,11);;/q;+1;-1. The molecule has 1 aromatic carbocycles. The van der Waals surface area contributed by atoms with Crippen molar-refractivity contribution in [2.75, 3.05) is 0 Å². The first-order valence-corrected chi connectivity index (χ1v) is 3.24. The van der Waals surface area contributed by atoms with E-state index >= 15 is 0 Å². The average Bonchev–Trinajstić information content (AvgIpc) is 2.30. The summed E-state index contributed by atoms with van der Waals surface area (Å²) in [6, 6.07) is 6.74. The number of carbonyl (C=O) groups excluding carboxylic acids is 2. The van der Waals surface area contributed by atoms with Crippen LogP contribution in [0, 0.1) is 0 Å². The largest absolute Gasteiger partial charge is 1.00 e. The first kappa shape index (κ1) is 10.5. The van der Waals surface area contributed by atoms with Gasteiger partial charge in [-0.3, -0.25) is 14.9 Å². The number of hydrogen-bond donors (Lipinski definition) is 1. The second kappa shape index (κ2) is 4.08. The third-order valence-corrected chi connectivity index (χ3v) is 1.64. The number of benzene rings is 1. The minimum absolute atomic E-state index is 0. The summed E-state index contributed by atoms with van der Waals surface area (Å²) in [7, 11) is 0. The quantitative estimate of drug-likeness (QED) is 0.543. The Hall–Kier alpha value is 0.412. The van der Waals surface area contributed by atoms with Crippen molar-refractivity contribution in [2.45, 2.75) is 0 Å². The van der Waals surface area contributed by atoms with E-state index in [1.807, 2.05) is 0 Å². The Morgan fingerprint density at radius 1 is 1.00 bits per heavy atom. The second-order valence-corrected chi connectivity index (χ2v) is 2.33. The number of fused-ring (bicyclic) bond motifs is 1. The van der Waals surface area contributed by atoms with Crippen LogP contribution in [0.25, 0.3) is 0 Å². The summed E-state index contributed by atoms with van der Waals surface area (Å²) in [5.74, 6) is -0.601. The molecule has 1 aliphatic heterocycles. The van der Waals surface area contributed by atoms with Crippen LogP contribution in [-0.2, 0) is 0 Å². The maximum absolute atomic E-state index is 10.9. The van der Waals surface area contributed by atoms with E-state index in [9.17, 15) is 9.59 Å². The summed E-state index contributed by atoms with van der Waals surface area (Å²) < 4.78 is 0. The zero-order valence-corrected chi connectivity index (χ0v) is 12.9. The molecule has 0 spiro atoms. The molecule has 1 heterocycles. The molecule has 2 amide bonds. The van der Waals surface area contributed by atoms with Crippen molar-refractivity contribution < 1.29 is 79.9 Å². The van der Waals surface area contributed by atoms with E-state index in [-0.39, 0.29) is 82.1 Å². The molecule has 56 valence electrons. The van der Waals surface area contributed by atoms with Gasteiger partial charge in [0.25, 0.3) is 11.8 Å². The summed E-state index contributed by atoms with van der Waals surface area (Å²) >= 11 is 0. The zero-order chi connectivity index (χ0) is 7.84. The van der Waals surface area contributed by atoms with Gasteiger partial charge >= 0.3 is 68.9 Å². The third-order valence-electron chi connectivity index (χ3n) is 1.64. The summed E-state index contributed by atoms with van der Waals surface area (Å²) in [6.07, 6.45) is 0. The molecule has 0 saturated heterocycles. The molecule has 0 aromatic heterocycles. The van der Waals surface area contributed by atoms with Crippen LogP contribution >= 0.6 is 0 Å². The number of amides is 2. The summed E-state index contributed by atoms with van der Waals surface area (Å²) in [5.41, 5.74) is 0.940.